The van der Waals surface area contributed by atoms with Gasteiger partial charge in [0.2, 0.25) is 11.6 Å². The van der Waals surface area contributed by atoms with Gasteiger partial charge in [-0.2, -0.15) is 10.8 Å². The Morgan fingerprint density at radius 3 is 2.66 bits per heavy atom. The molecule has 7 heteroatoms. The lowest BCUT2D eigenvalue weighted by atomic mass is 10.0. The van der Waals surface area contributed by atoms with Gasteiger partial charge in [0.15, 0.2) is 0 Å². The first-order valence-corrected chi connectivity index (χ1v) is 10.1. The van der Waals surface area contributed by atoms with Crippen LogP contribution >= 0.6 is 0 Å². The smallest absolute Gasteiger partial charge is 0.268 e. The second kappa shape index (κ2) is 6.91. The molecule has 1 unspecified atom stereocenters. The van der Waals surface area contributed by atoms with E-state index >= 15 is 4.39 Å². The van der Waals surface area contributed by atoms with Crippen LogP contribution in [0, 0.1) is 5.82 Å². The molecule has 0 saturated carbocycles. The molecule has 6 rings (SSSR count). The summed E-state index contributed by atoms with van der Waals surface area (Å²) < 4.78 is 20.8. The Balaban J connectivity index is 1.45. The first kappa shape index (κ1) is 18.6. The summed E-state index contributed by atoms with van der Waals surface area (Å²) in [5.41, 5.74) is 3.17. The Hall–Kier alpha value is -4.20. The SMILES string of the molecule is N[N+]12C=CN=CC1=C(C1=CC=C1)N=C2c1cc2nc(Oc3ccccc3)ccc2cc1F. The van der Waals surface area contributed by atoms with Crippen molar-refractivity contribution in [3.05, 3.63) is 114 Å². The predicted molar refractivity (Wildman–Crippen MR) is 121 cm³/mol. The van der Waals surface area contributed by atoms with Crippen molar-refractivity contribution >= 4 is 23.0 Å². The van der Waals surface area contributed by atoms with Gasteiger partial charge in [0.25, 0.3) is 5.84 Å². The highest BCUT2D eigenvalue weighted by molar-refractivity contribution is 6.03. The van der Waals surface area contributed by atoms with Gasteiger partial charge in [-0.05, 0) is 30.3 Å². The van der Waals surface area contributed by atoms with Crippen LogP contribution < -0.4 is 10.6 Å². The van der Waals surface area contributed by atoms with E-state index in [2.05, 4.69) is 9.98 Å². The summed E-state index contributed by atoms with van der Waals surface area (Å²) in [5.74, 6) is 7.74. The number of fused-ring (bicyclic) bond motifs is 2. The number of rotatable bonds is 4. The number of aromatic nitrogens is 1. The van der Waals surface area contributed by atoms with Gasteiger partial charge in [-0.1, -0.05) is 36.4 Å². The van der Waals surface area contributed by atoms with Gasteiger partial charge in [-0.3, -0.25) is 4.99 Å². The summed E-state index contributed by atoms with van der Waals surface area (Å²) in [6.07, 6.45) is 10.8. The highest BCUT2D eigenvalue weighted by Gasteiger charge is 2.45. The molecule has 3 heterocycles. The highest BCUT2D eigenvalue weighted by atomic mass is 19.1. The minimum absolute atomic E-state index is 0.257. The summed E-state index contributed by atoms with van der Waals surface area (Å²) in [6.45, 7) is 0. The minimum Gasteiger partial charge on any atom is -0.439 e. The van der Waals surface area contributed by atoms with Crippen LogP contribution in [-0.2, 0) is 0 Å². The van der Waals surface area contributed by atoms with Gasteiger partial charge >= 0.3 is 0 Å². The maximum Gasteiger partial charge on any atom is 0.268 e. The van der Waals surface area contributed by atoms with Crippen molar-refractivity contribution in [2.24, 2.45) is 15.8 Å². The number of para-hydroxylation sites is 1. The number of amidine groups is 1. The zero-order valence-electron chi connectivity index (χ0n) is 16.8. The molecule has 2 N–H and O–H groups in total. The van der Waals surface area contributed by atoms with E-state index in [4.69, 9.17) is 15.6 Å². The Labute approximate surface area is 183 Å². The van der Waals surface area contributed by atoms with E-state index in [1.807, 2.05) is 48.6 Å². The van der Waals surface area contributed by atoms with Crippen LogP contribution in [-0.4, -0.2) is 21.6 Å². The molecule has 1 aromatic heterocycles. The molecule has 154 valence electrons. The van der Waals surface area contributed by atoms with Crippen LogP contribution in [0.1, 0.15) is 5.56 Å². The second-order valence-electron chi connectivity index (χ2n) is 7.59. The molecule has 32 heavy (non-hydrogen) atoms. The third-order valence-corrected chi connectivity index (χ3v) is 5.58. The Morgan fingerprint density at radius 1 is 1.03 bits per heavy atom. The number of hydrogen-bond donors (Lipinski definition) is 1. The van der Waals surface area contributed by atoms with E-state index in [9.17, 15) is 0 Å². The van der Waals surface area contributed by atoms with Crippen LogP contribution in [0.2, 0.25) is 0 Å². The number of allylic oxidation sites excluding steroid dienone is 4. The molecule has 6 nitrogen and oxygen atoms in total. The van der Waals surface area contributed by atoms with Gasteiger partial charge in [0.1, 0.15) is 23.5 Å². The van der Waals surface area contributed by atoms with E-state index in [0.717, 1.165) is 5.57 Å². The highest BCUT2D eigenvalue weighted by Crippen LogP contribution is 2.37. The quantitative estimate of drug-likeness (QED) is 0.481. The molecule has 0 bridgehead atoms. The minimum atomic E-state index is -0.424. The fourth-order valence-electron chi connectivity index (χ4n) is 3.88. The predicted octanol–water partition coefficient (Wildman–Crippen LogP) is 4.88. The van der Waals surface area contributed by atoms with Gasteiger partial charge in [0.05, 0.1) is 23.5 Å². The third kappa shape index (κ3) is 2.84. The van der Waals surface area contributed by atoms with Crippen LogP contribution in [0.5, 0.6) is 11.6 Å². The molecule has 0 fully saturated rings. The van der Waals surface area contributed by atoms with E-state index < -0.39 is 5.82 Å². The zero-order valence-corrected chi connectivity index (χ0v) is 16.8. The number of nitrogens with zero attached hydrogens (tertiary/aromatic N) is 4. The van der Waals surface area contributed by atoms with E-state index in [1.54, 1.807) is 36.8 Å². The molecule has 3 aliphatic rings. The largest absolute Gasteiger partial charge is 0.439 e. The number of halogens is 1. The maximum absolute atomic E-state index is 15.3. The lowest BCUT2D eigenvalue weighted by molar-refractivity contribution is -0.750. The van der Waals surface area contributed by atoms with Crippen LogP contribution in [0.15, 0.2) is 112 Å². The first-order valence-electron chi connectivity index (χ1n) is 10.1. The number of pyridine rings is 1. The molecule has 1 aliphatic carbocycles. The molecular formula is C25H17FN5O+. The third-order valence-electron chi connectivity index (χ3n) is 5.58. The van der Waals surface area contributed by atoms with Gasteiger partial charge in [0, 0.05) is 17.0 Å². The molecule has 1 atom stereocenters. The van der Waals surface area contributed by atoms with Crippen molar-refractivity contribution in [2.75, 3.05) is 0 Å². The first-order chi connectivity index (χ1) is 15.6. The van der Waals surface area contributed by atoms with Crippen molar-refractivity contribution in [3.63, 3.8) is 0 Å². The Kier molecular flexibility index (Phi) is 4.01. The van der Waals surface area contributed by atoms with E-state index in [1.165, 1.54) is 6.07 Å². The summed E-state index contributed by atoms with van der Waals surface area (Å²) in [7, 11) is 0. The fraction of sp³-hybridized carbons (Fsp3) is 0. The number of hydrogen-bond acceptors (Lipinski definition) is 5. The summed E-state index contributed by atoms with van der Waals surface area (Å²) in [6, 6.07) is 16.0. The number of aliphatic imine (C=N–C) groups is 2. The molecule has 2 aromatic carbocycles. The molecule has 0 spiro atoms. The molecule has 3 aromatic rings. The molecular weight excluding hydrogens is 405 g/mol. The van der Waals surface area contributed by atoms with Crippen molar-refractivity contribution in [3.8, 4) is 11.6 Å². The number of ether oxygens (including phenoxy) is 1. The molecule has 2 aliphatic heterocycles. The van der Waals surface area contributed by atoms with Crippen LogP contribution in [0.4, 0.5) is 4.39 Å². The number of benzene rings is 2. The normalized spacial score (nSPS) is 20.8. The van der Waals surface area contributed by atoms with Crippen LogP contribution in [0.3, 0.4) is 0 Å². The van der Waals surface area contributed by atoms with Crippen molar-refractivity contribution in [1.29, 1.82) is 0 Å². The van der Waals surface area contributed by atoms with Crippen molar-refractivity contribution < 1.29 is 13.7 Å². The summed E-state index contributed by atoms with van der Waals surface area (Å²) in [5, 5.41) is 0.655. The van der Waals surface area contributed by atoms with Gasteiger partial charge in [-0.25, -0.2) is 9.37 Å². The number of nitrogens with two attached hydrogens (primary N) is 1. The van der Waals surface area contributed by atoms with Crippen molar-refractivity contribution in [2.45, 2.75) is 0 Å². The Bertz CT molecular complexity index is 1470. The lowest BCUT2D eigenvalue weighted by Crippen LogP contribution is -2.53. The average Bonchev–Trinajstić information content (AvgIpc) is 3.05. The summed E-state index contributed by atoms with van der Waals surface area (Å²) in [4.78, 5) is 13.5. The topological polar surface area (TPSA) is 72.9 Å². The molecule has 0 radical (unpaired) electrons. The van der Waals surface area contributed by atoms with Gasteiger partial charge < -0.3 is 4.74 Å². The lowest BCUT2D eigenvalue weighted by Gasteiger charge is -2.26. The average molecular weight is 422 g/mol. The molecule has 0 saturated heterocycles. The summed E-state index contributed by atoms with van der Waals surface area (Å²) >= 11 is 0. The Morgan fingerprint density at radius 2 is 1.88 bits per heavy atom. The van der Waals surface area contributed by atoms with E-state index in [-0.39, 0.29) is 10.2 Å². The zero-order chi connectivity index (χ0) is 21.7. The second-order valence-corrected chi connectivity index (χ2v) is 7.59. The standard InChI is InChI=1S/C25H17FN5O/c26-20-13-17-9-10-23(32-18-7-2-1-3-8-18)29-21(17)14-19(20)25-30-24(16-5-4-6-16)22-15-28-11-12-31(22,25)27/h1-15H,27H2/q+1. The number of quaternary nitrogens is 1. The maximum atomic E-state index is 15.3. The monoisotopic (exact) mass is 422 g/mol. The molecule has 0 amide bonds. The van der Waals surface area contributed by atoms with Crippen molar-refractivity contribution in [1.82, 2.24) is 4.98 Å². The van der Waals surface area contributed by atoms with Crippen LogP contribution in [0.25, 0.3) is 10.9 Å². The van der Waals surface area contributed by atoms with E-state index in [0.29, 0.717) is 39.8 Å². The van der Waals surface area contributed by atoms with Gasteiger partial charge in [-0.15, -0.1) is 4.59 Å². The fourth-order valence-corrected chi connectivity index (χ4v) is 3.88.